The van der Waals surface area contributed by atoms with E-state index in [4.69, 9.17) is 4.42 Å². The SMILES string of the molecule is CNC(=O)c1ccc(C(=O)Nc2cc3c(/C=C/c4ccc(F)cc4)n[nH]c3cc2F)o1. The van der Waals surface area contributed by atoms with Crippen LogP contribution in [0.5, 0.6) is 0 Å². The number of anilines is 1. The van der Waals surface area contributed by atoms with Gasteiger partial charge in [-0.3, -0.25) is 14.7 Å². The maximum atomic E-state index is 14.5. The third kappa shape index (κ3) is 4.20. The van der Waals surface area contributed by atoms with Crippen LogP contribution in [0.1, 0.15) is 32.4 Å². The first-order chi connectivity index (χ1) is 14.9. The molecule has 0 saturated heterocycles. The van der Waals surface area contributed by atoms with Crippen molar-refractivity contribution in [2.24, 2.45) is 0 Å². The zero-order valence-corrected chi connectivity index (χ0v) is 16.2. The van der Waals surface area contributed by atoms with Crippen LogP contribution in [0.15, 0.2) is 52.9 Å². The van der Waals surface area contributed by atoms with Gasteiger partial charge in [-0.1, -0.05) is 18.2 Å². The van der Waals surface area contributed by atoms with Crippen molar-refractivity contribution in [2.45, 2.75) is 0 Å². The number of fused-ring (bicyclic) bond motifs is 1. The van der Waals surface area contributed by atoms with Crippen molar-refractivity contribution in [3.8, 4) is 0 Å². The second-order valence-electron chi connectivity index (χ2n) is 6.57. The molecule has 0 radical (unpaired) electrons. The van der Waals surface area contributed by atoms with Crippen molar-refractivity contribution in [1.29, 1.82) is 0 Å². The highest BCUT2D eigenvalue weighted by molar-refractivity contribution is 6.04. The molecule has 0 saturated carbocycles. The van der Waals surface area contributed by atoms with E-state index in [-0.39, 0.29) is 23.0 Å². The maximum absolute atomic E-state index is 14.5. The van der Waals surface area contributed by atoms with E-state index in [9.17, 15) is 18.4 Å². The lowest BCUT2D eigenvalue weighted by Gasteiger charge is -2.05. The van der Waals surface area contributed by atoms with Gasteiger partial charge >= 0.3 is 0 Å². The minimum absolute atomic E-state index is 0.0355. The number of aromatic nitrogens is 2. The van der Waals surface area contributed by atoms with Crippen LogP contribution in [0.3, 0.4) is 0 Å². The van der Waals surface area contributed by atoms with E-state index in [0.29, 0.717) is 16.6 Å². The molecule has 31 heavy (non-hydrogen) atoms. The Bertz CT molecular complexity index is 1310. The number of H-pyrrole nitrogens is 1. The highest BCUT2D eigenvalue weighted by Crippen LogP contribution is 2.26. The fourth-order valence-electron chi connectivity index (χ4n) is 2.92. The molecule has 0 spiro atoms. The zero-order chi connectivity index (χ0) is 22.0. The number of carbonyl (C=O) groups is 2. The smallest absolute Gasteiger partial charge is 0.291 e. The lowest BCUT2D eigenvalue weighted by molar-refractivity contribution is 0.0927. The summed E-state index contributed by atoms with van der Waals surface area (Å²) in [5.41, 5.74) is 1.63. The molecule has 0 fully saturated rings. The average Bonchev–Trinajstić information content (AvgIpc) is 3.40. The molecule has 4 aromatic rings. The summed E-state index contributed by atoms with van der Waals surface area (Å²) >= 11 is 0. The predicted molar refractivity (Wildman–Crippen MR) is 111 cm³/mol. The van der Waals surface area contributed by atoms with Crippen LogP contribution in [0, 0.1) is 11.6 Å². The highest BCUT2D eigenvalue weighted by atomic mass is 19.1. The molecule has 156 valence electrons. The van der Waals surface area contributed by atoms with Gasteiger partial charge in [0.2, 0.25) is 0 Å². The average molecular weight is 422 g/mol. The molecule has 4 rings (SSSR count). The fourth-order valence-corrected chi connectivity index (χ4v) is 2.92. The Kier molecular flexibility index (Phi) is 5.31. The number of hydrogen-bond acceptors (Lipinski definition) is 4. The molecule has 2 aromatic carbocycles. The van der Waals surface area contributed by atoms with E-state index in [2.05, 4.69) is 20.8 Å². The second kappa shape index (κ2) is 8.23. The number of rotatable bonds is 5. The number of carbonyl (C=O) groups excluding carboxylic acids is 2. The van der Waals surface area contributed by atoms with Gasteiger partial charge in [-0.15, -0.1) is 0 Å². The number of halogens is 2. The van der Waals surface area contributed by atoms with Gasteiger partial charge in [0.05, 0.1) is 16.9 Å². The Morgan fingerprint density at radius 1 is 1.00 bits per heavy atom. The molecule has 0 bridgehead atoms. The van der Waals surface area contributed by atoms with Gasteiger partial charge in [-0.25, -0.2) is 8.78 Å². The van der Waals surface area contributed by atoms with Crippen LogP contribution in [0.4, 0.5) is 14.5 Å². The molecule has 3 N–H and O–H groups in total. The Balaban J connectivity index is 1.59. The molecule has 2 aromatic heterocycles. The van der Waals surface area contributed by atoms with Gasteiger partial charge in [0.25, 0.3) is 11.8 Å². The minimum atomic E-state index is -0.708. The van der Waals surface area contributed by atoms with Crippen molar-refractivity contribution < 1.29 is 22.8 Å². The summed E-state index contributed by atoms with van der Waals surface area (Å²) in [7, 11) is 1.43. The van der Waals surface area contributed by atoms with E-state index in [1.165, 1.54) is 43.4 Å². The molecule has 0 aliphatic rings. The van der Waals surface area contributed by atoms with E-state index in [1.54, 1.807) is 24.3 Å². The Labute approximate surface area is 174 Å². The van der Waals surface area contributed by atoms with Gasteiger partial charge in [0.1, 0.15) is 11.6 Å². The predicted octanol–water partition coefficient (Wildman–Crippen LogP) is 4.22. The third-order valence-electron chi connectivity index (χ3n) is 4.51. The van der Waals surface area contributed by atoms with Gasteiger partial charge in [-0.2, -0.15) is 5.10 Å². The molecule has 0 atom stereocenters. The van der Waals surface area contributed by atoms with Crippen LogP contribution in [0.25, 0.3) is 23.1 Å². The normalized spacial score (nSPS) is 11.2. The van der Waals surface area contributed by atoms with E-state index in [1.807, 2.05) is 0 Å². The second-order valence-corrected chi connectivity index (χ2v) is 6.57. The van der Waals surface area contributed by atoms with E-state index in [0.717, 1.165) is 5.56 Å². The van der Waals surface area contributed by atoms with Gasteiger partial charge in [-0.05, 0) is 42.0 Å². The van der Waals surface area contributed by atoms with Crippen molar-refractivity contribution in [3.05, 3.63) is 82.9 Å². The number of hydrogen-bond donors (Lipinski definition) is 3. The van der Waals surface area contributed by atoms with E-state index < -0.39 is 17.6 Å². The summed E-state index contributed by atoms with van der Waals surface area (Å²) in [5.74, 6) is -2.37. The first kappa shape index (κ1) is 20.0. The Hall–Kier alpha value is -4.27. The number of amides is 2. The van der Waals surface area contributed by atoms with Gasteiger partial charge in [0.15, 0.2) is 11.5 Å². The summed E-state index contributed by atoms with van der Waals surface area (Å²) in [5, 5.41) is 12.3. The van der Waals surface area contributed by atoms with Crippen molar-refractivity contribution in [3.63, 3.8) is 0 Å². The van der Waals surface area contributed by atoms with Gasteiger partial charge < -0.3 is 15.1 Å². The Morgan fingerprint density at radius 2 is 1.71 bits per heavy atom. The van der Waals surface area contributed by atoms with Crippen LogP contribution < -0.4 is 10.6 Å². The monoisotopic (exact) mass is 422 g/mol. The lowest BCUT2D eigenvalue weighted by atomic mass is 10.1. The number of aromatic amines is 1. The first-order valence-electron chi connectivity index (χ1n) is 9.19. The lowest BCUT2D eigenvalue weighted by Crippen LogP contribution is -2.17. The molecule has 0 aliphatic carbocycles. The number of nitrogens with zero attached hydrogens (tertiary/aromatic N) is 1. The summed E-state index contributed by atoms with van der Waals surface area (Å²) < 4.78 is 32.7. The van der Waals surface area contributed by atoms with Crippen LogP contribution in [0.2, 0.25) is 0 Å². The highest BCUT2D eigenvalue weighted by Gasteiger charge is 2.17. The first-order valence-corrected chi connectivity index (χ1v) is 9.19. The molecule has 7 nitrogen and oxygen atoms in total. The molecular weight excluding hydrogens is 406 g/mol. The molecule has 9 heteroatoms. The molecular formula is C22H16F2N4O3. The summed E-state index contributed by atoms with van der Waals surface area (Å²) in [4.78, 5) is 24.0. The maximum Gasteiger partial charge on any atom is 0.291 e. The molecule has 2 amide bonds. The summed E-state index contributed by atoms with van der Waals surface area (Å²) in [6.07, 6.45) is 3.43. The number of benzene rings is 2. The fraction of sp³-hybridized carbons (Fsp3) is 0.0455. The summed E-state index contributed by atoms with van der Waals surface area (Å²) in [6.45, 7) is 0. The third-order valence-corrected chi connectivity index (χ3v) is 4.51. The number of furan rings is 1. The molecule has 0 unspecified atom stereocenters. The van der Waals surface area contributed by atoms with Crippen molar-refractivity contribution in [2.75, 3.05) is 12.4 Å². The van der Waals surface area contributed by atoms with Crippen LogP contribution >= 0.6 is 0 Å². The zero-order valence-electron chi connectivity index (χ0n) is 16.2. The van der Waals surface area contributed by atoms with E-state index >= 15 is 0 Å². The Morgan fingerprint density at radius 3 is 2.42 bits per heavy atom. The quantitative estimate of drug-likeness (QED) is 0.448. The standard InChI is InChI=1S/C22H16F2N4O3/c1-25-21(29)19-8-9-20(31-19)22(30)26-18-10-14-16(27-28-17(14)11-15(18)24)7-4-12-2-5-13(23)6-3-12/h2-11H,1H3,(H,25,29)(H,26,30)(H,27,28)/b7-4+. The van der Waals surface area contributed by atoms with Crippen molar-refractivity contribution >= 4 is 40.6 Å². The van der Waals surface area contributed by atoms with Crippen molar-refractivity contribution in [1.82, 2.24) is 15.5 Å². The topological polar surface area (TPSA) is 100 Å². The van der Waals surface area contributed by atoms with Crippen LogP contribution in [-0.2, 0) is 0 Å². The largest absolute Gasteiger partial charge is 0.446 e. The summed E-state index contributed by atoms with van der Waals surface area (Å²) in [6, 6.07) is 11.2. The minimum Gasteiger partial charge on any atom is -0.446 e. The van der Waals surface area contributed by atoms with Crippen LogP contribution in [-0.4, -0.2) is 29.1 Å². The van der Waals surface area contributed by atoms with Gasteiger partial charge in [0, 0.05) is 18.5 Å². The molecule has 0 aliphatic heterocycles. The molecule has 2 heterocycles. The number of nitrogens with one attached hydrogen (secondary N) is 3.